The molecule has 0 aliphatic heterocycles. The molecule has 2 rings (SSSR count). The van der Waals surface area contributed by atoms with Crippen LogP contribution in [-0.4, -0.2) is 32.8 Å². The quantitative estimate of drug-likeness (QED) is 0.827. The monoisotopic (exact) mass is 244 g/mol. The van der Waals surface area contributed by atoms with Crippen LogP contribution in [0.4, 0.5) is 5.82 Å². The van der Waals surface area contributed by atoms with Gasteiger partial charge in [-0.1, -0.05) is 0 Å². The molecule has 2 aromatic heterocycles. The SMILES string of the molecule is O=C(O)CCNc1ccc(-c2ccncc2)nn1. The molecule has 0 saturated heterocycles. The van der Waals surface area contributed by atoms with Crippen LogP contribution in [0.2, 0.25) is 0 Å². The molecule has 0 amide bonds. The topological polar surface area (TPSA) is 88.0 Å². The highest BCUT2D eigenvalue weighted by atomic mass is 16.4. The number of hydrogen-bond donors (Lipinski definition) is 2. The summed E-state index contributed by atoms with van der Waals surface area (Å²) in [6, 6.07) is 7.29. The van der Waals surface area contributed by atoms with Gasteiger partial charge in [0.2, 0.25) is 0 Å². The van der Waals surface area contributed by atoms with Crippen molar-refractivity contribution in [2.75, 3.05) is 11.9 Å². The van der Waals surface area contributed by atoms with Crippen molar-refractivity contribution in [2.24, 2.45) is 0 Å². The van der Waals surface area contributed by atoms with Crippen LogP contribution < -0.4 is 5.32 Å². The van der Waals surface area contributed by atoms with E-state index in [0.29, 0.717) is 12.4 Å². The maximum atomic E-state index is 10.3. The van der Waals surface area contributed by atoms with Crippen molar-refractivity contribution >= 4 is 11.8 Å². The van der Waals surface area contributed by atoms with Gasteiger partial charge in [-0.3, -0.25) is 9.78 Å². The van der Waals surface area contributed by atoms with Gasteiger partial charge in [-0.05, 0) is 24.3 Å². The zero-order valence-corrected chi connectivity index (χ0v) is 9.58. The van der Waals surface area contributed by atoms with Gasteiger partial charge in [-0.25, -0.2) is 0 Å². The third-order valence-corrected chi connectivity index (χ3v) is 2.29. The Morgan fingerprint density at radius 1 is 1.17 bits per heavy atom. The normalized spacial score (nSPS) is 10.0. The average molecular weight is 244 g/mol. The molecule has 0 bridgehead atoms. The third-order valence-electron chi connectivity index (χ3n) is 2.29. The number of nitrogens with one attached hydrogen (secondary N) is 1. The first kappa shape index (κ1) is 12.0. The van der Waals surface area contributed by atoms with Crippen LogP contribution >= 0.6 is 0 Å². The highest BCUT2D eigenvalue weighted by Gasteiger charge is 2.01. The number of carboxylic acids is 1. The van der Waals surface area contributed by atoms with Crippen molar-refractivity contribution in [3.63, 3.8) is 0 Å². The lowest BCUT2D eigenvalue weighted by atomic mass is 10.2. The molecule has 6 nitrogen and oxygen atoms in total. The summed E-state index contributed by atoms with van der Waals surface area (Å²) < 4.78 is 0. The Bertz CT molecular complexity index is 513. The van der Waals surface area contributed by atoms with E-state index in [1.54, 1.807) is 18.5 Å². The van der Waals surface area contributed by atoms with Gasteiger partial charge < -0.3 is 10.4 Å². The number of aliphatic carboxylic acids is 1. The largest absolute Gasteiger partial charge is 0.481 e. The lowest BCUT2D eigenvalue weighted by Gasteiger charge is -2.04. The van der Waals surface area contributed by atoms with Gasteiger partial charge in [0.25, 0.3) is 0 Å². The molecule has 2 heterocycles. The van der Waals surface area contributed by atoms with E-state index in [0.717, 1.165) is 11.3 Å². The van der Waals surface area contributed by atoms with E-state index < -0.39 is 5.97 Å². The Morgan fingerprint density at radius 2 is 1.94 bits per heavy atom. The van der Waals surface area contributed by atoms with Crippen LogP contribution in [-0.2, 0) is 4.79 Å². The van der Waals surface area contributed by atoms with Crippen molar-refractivity contribution in [2.45, 2.75) is 6.42 Å². The van der Waals surface area contributed by atoms with E-state index in [9.17, 15) is 4.79 Å². The average Bonchev–Trinajstić information content (AvgIpc) is 2.40. The Labute approximate surface area is 104 Å². The van der Waals surface area contributed by atoms with Crippen LogP contribution in [0, 0.1) is 0 Å². The fourth-order valence-corrected chi connectivity index (χ4v) is 1.40. The third kappa shape index (κ3) is 3.24. The van der Waals surface area contributed by atoms with Gasteiger partial charge in [0.05, 0.1) is 12.1 Å². The summed E-state index contributed by atoms with van der Waals surface area (Å²) >= 11 is 0. The summed E-state index contributed by atoms with van der Waals surface area (Å²) in [6.45, 7) is 0.332. The standard InChI is InChI=1S/C12H12N4O2/c17-12(18)5-8-14-11-2-1-10(15-16-11)9-3-6-13-7-4-9/h1-4,6-7H,5,8H2,(H,14,16)(H,17,18). The summed E-state index contributed by atoms with van der Waals surface area (Å²) in [5.41, 5.74) is 1.69. The lowest BCUT2D eigenvalue weighted by Crippen LogP contribution is -2.09. The number of rotatable bonds is 5. The minimum absolute atomic E-state index is 0.0494. The molecule has 92 valence electrons. The van der Waals surface area contributed by atoms with Gasteiger partial charge in [0.15, 0.2) is 0 Å². The fraction of sp³-hybridized carbons (Fsp3) is 0.167. The van der Waals surface area contributed by atoms with Gasteiger partial charge in [0.1, 0.15) is 5.82 Å². The zero-order chi connectivity index (χ0) is 12.8. The van der Waals surface area contributed by atoms with E-state index in [1.807, 2.05) is 18.2 Å². The highest BCUT2D eigenvalue weighted by molar-refractivity contribution is 5.67. The van der Waals surface area contributed by atoms with Crippen molar-refractivity contribution < 1.29 is 9.90 Å². The number of aromatic nitrogens is 3. The second-order valence-corrected chi connectivity index (χ2v) is 3.61. The minimum Gasteiger partial charge on any atom is -0.481 e. The summed E-state index contributed by atoms with van der Waals surface area (Å²) in [4.78, 5) is 14.3. The number of carbonyl (C=O) groups is 1. The molecule has 18 heavy (non-hydrogen) atoms. The van der Waals surface area contributed by atoms with Gasteiger partial charge in [-0.15, -0.1) is 10.2 Å². The van der Waals surface area contributed by atoms with E-state index in [2.05, 4.69) is 20.5 Å². The van der Waals surface area contributed by atoms with Crippen molar-refractivity contribution in [1.82, 2.24) is 15.2 Å². The predicted octanol–water partition coefficient (Wildman–Crippen LogP) is 1.43. The molecule has 0 atom stereocenters. The molecule has 0 fully saturated rings. The number of anilines is 1. The molecular weight excluding hydrogens is 232 g/mol. The van der Waals surface area contributed by atoms with Crippen molar-refractivity contribution in [1.29, 1.82) is 0 Å². The van der Waals surface area contributed by atoms with Crippen molar-refractivity contribution in [3.8, 4) is 11.3 Å². The smallest absolute Gasteiger partial charge is 0.305 e. The van der Waals surface area contributed by atoms with Crippen molar-refractivity contribution in [3.05, 3.63) is 36.7 Å². The molecule has 2 N–H and O–H groups in total. The first-order chi connectivity index (χ1) is 8.75. The van der Waals surface area contributed by atoms with Crippen LogP contribution in [0.25, 0.3) is 11.3 Å². The Morgan fingerprint density at radius 3 is 2.56 bits per heavy atom. The lowest BCUT2D eigenvalue weighted by molar-refractivity contribution is -0.136. The maximum Gasteiger partial charge on any atom is 0.305 e. The Hall–Kier alpha value is -2.50. The molecular formula is C12H12N4O2. The molecule has 0 spiro atoms. The second-order valence-electron chi connectivity index (χ2n) is 3.61. The van der Waals surface area contributed by atoms with E-state index in [-0.39, 0.29) is 6.42 Å². The van der Waals surface area contributed by atoms with Crippen LogP contribution in [0.1, 0.15) is 6.42 Å². The predicted molar refractivity (Wildman–Crippen MR) is 66.0 cm³/mol. The molecule has 6 heteroatoms. The molecule has 2 aromatic rings. The Kier molecular flexibility index (Phi) is 3.80. The minimum atomic E-state index is -0.844. The van der Waals surface area contributed by atoms with E-state index in [4.69, 9.17) is 5.11 Å². The molecule has 0 unspecified atom stereocenters. The van der Waals surface area contributed by atoms with Gasteiger partial charge in [0, 0.05) is 24.5 Å². The van der Waals surface area contributed by atoms with Gasteiger partial charge >= 0.3 is 5.97 Å². The number of carboxylic acid groups (broad SMARTS) is 1. The zero-order valence-electron chi connectivity index (χ0n) is 9.58. The number of nitrogens with zero attached hydrogens (tertiary/aromatic N) is 3. The summed E-state index contributed by atoms with van der Waals surface area (Å²) in [5.74, 6) is -0.280. The summed E-state index contributed by atoms with van der Waals surface area (Å²) in [5, 5.41) is 19.4. The summed E-state index contributed by atoms with van der Waals surface area (Å²) in [7, 11) is 0. The first-order valence-electron chi connectivity index (χ1n) is 5.45. The molecule has 0 aliphatic rings. The first-order valence-corrected chi connectivity index (χ1v) is 5.45. The number of pyridine rings is 1. The highest BCUT2D eigenvalue weighted by Crippen LogP contribution is 2.15. The maximum absolute atomic E-state index is 10.3. The molecule has 0 radical (unpaired) electrons. The van der Waals surface area contributed by atoms with E-state index in [1.165, 1.54) is 0 Å². The molecule has 0 aliphatic carbocycles. The summed E-state index contributed by atoms with van der Waals surface area (Å²) in [6.07, 6.45) is 3.43. The second kappa shape index (κ2) is 5.72. The fourth-order valence-electron chi connectivity index (χ4n) is 1.40. The van der Waals surface area contributed by atoms with Crippen LogP contribution in [0.5, 0.6) is 0 Å². The van der Waals surface area contributed by atoms with Gasteiger partial charge in [-0.2, -0.15) is 0 Å². The molecule has 0 aromatic carbocycles. The Balaban J connectivity index is 2.00. The van der Waals surface area contributed by atoms with Crippen LogP contribution in [0.3, 0.4) is 0 Å². The molecule has 0 saturated carbocycles. The van der Waals surface area contributed by atoms with E-state index >= 15 is 0 Å². The van der Waals surface area contributed by atoms with Crippen LogP contribution in [0.15, 0.2) is 36.7 Å². The number of hydrogen-bond acceptors (Lipinski definition) is 5.